The molecule has 0 spiro atoms. The fraction of sp³-hybridized carbons (Fsp3) is 0.400. The zero-order valence-corrected chi connectivity index (χ0v) is 20.0. The molecule has 2 aromatic rings. The van der Waals surface area contributed by atoms with Gasteiger partial charge in [-0.15, -0.1) is 0 Å². The van der Waals surface area contributed by atoms with E-state index < -0.39 is 35.6 Å². The lowest BCUT2D eigenvalue weighted by atomic mass is 10.0. The van der Waals surface area contributed by atoms with E-state index >= 15 is 4.39 Å². The van der Waals surface area contributed by atoms with Crippen molar-refractivity contribution >= 4 is 29.3 Å². The van der Waals surface area contributed by atoms with E-state index in [4.69, 9.17) is 4.74 Å². The Labute approximate surface area is 206 Å². The number of hydrogen-bond donors (Lipinski definition) is 1. The van der Waals surface area contributed by atoms with Crippen LogP contribution < -0.4 is 15.1 Å². The summed E-state index contributed by atoms with van der Waals surface area (Å²) in [5.41, 5.74) is 0.675. The molecule has 4 rings (SSSR count). The van der Waals surface area contributed by atoms with E-state index in [2.05, 4.69) is 5.32 Å². The minimum absolute atomic E-state index is 0.0567. The Morgan fingerprint density at radius 1 is 1.08 bits per heavy atom. The van der Waals surface area contributed by atoms with Gasteiger partial charge >= 0.3 is 6.09 Å². The molecule has 8 nitrogen and oxygen atoms in total. The molecule has 11 heteroatoms. The minimum Gasteiger partial charge on any atom is -0.442 e. The molecule has 0 radical (unpaired) electrons. The van der Waals surface area contributed by atoms with Crippen molar-refractivity contribution in [2.45, 2.75) is 31.9 Å². The van der Waals surface area contributed by atoms with Crippen LogP contribution in [0.15, 0.2) is 36.4 Å². The maximum atomic E-state index is 15.0. The monoisotopic (exact) mass is 504 g/mol. The fourth-order valence-corrected chi connectivity index (χ4v) is 4.56. The predicted octanol–water partition coefficient (Wildman–Crippen LogP) is 3.31. The van der Waals surface area contributed by atoms with Gasteiger partial charge in [0.25, 0.3) is 5.91 Å². The first-order chi connectivity index (χ1) is 17.1. The summed E-state index contributed by atoms with van der Waals surface area (Å²) in [5.74, 6) is -2.83. The van der Waals surface area contributed by atoms with Crippen LogP contribution >= 0.6 is 0 Å². The molecule has 0 aliphatic carbocycles. The quantitative estimate of drug-likeness (QED) is 0.653. The highest BCUT2D eigenvalue weighted by Crippen LogP contribution is 2.30. The number of rotatable bonds is 6. The standard InChI is InChI=1S/C25H27F3N4O4/c1-15(33)29-13-21-14-32(25(35)36-21)20-3-4-23(22(28)12-20)31-7-5-19(6-8-31)30(2)24(34)16-9-17(26)11-18(27)10-16/h3-4,9-12,19,21H,5-8,13-14H2,1-2H3,(H,29,33)/t21-/m0/s1. The second kappa shape index (κ2) is 10.5. The summed E-state index contributed by atoms with van der Waals surface area (Å²) in [5, 5.41) is 2.59. The van der Waals surface area contributed by atoms with Crippen LogP contribution in [0.25, 0.3) is 0 Å². The van der Waals surface area contributed by atoms with Crippen molar-refractivity contribution in [3.63, 3.8) is 0 Å². The second-order valence-electron chi connectivity index (χ2n) is 8.98. The number of carbonyl (C=O) groups is 3. The molecule has 2 fully saturated rings. The Balaban J connectivity index is 1.36. The second-order valence-corrected chi connectivity index (χ2v) is 8.98. The molecular formula is C25H27F3N4O4. The average Bonchev–Trinajstić information content (AvgIpc) is 3.21. The van der Waals surface area contributed by atoms with Crippen LogP contribution in [-0.2, 0) is 9.53 Å². The molecule has 2 saturated heterocycles. The molecule has 0 unspecified atom stereocenters. The molecule has 1 atom stereocenters. The van der Waals surface area contributed by atoms with Crippen molar-refractivity contribution in [2.24, 2.45) is 0 Å². The topological polar surface area (TPSA) is 82.2 Å². The van der Waals surface area contributed by atoms with Crippen LogP contribution in [0.4, 0.5) is 29.3 Å². The molecule has 2 aromatic carbocycles. The Morgan fingerprint density at radius 3 is 2.36 bits per heavy atom. The number of nitrogens with zero attached hydrogens (tertiary/aromatic N) is 3. The number of piperidine rings is 1. The fourth-order valence-electron chi connectivity index (χ4n) is 4.56. The number of nitrogens with one attached hydrogen (secondary N) is 1. The van der Waals surface area contributed by atoms with Crippen molar-refractivity contribution in [3.8, 4) is 0 Å². The number of cyclic esters (lactones) is 1. The SMILES string of the molecule is CC(=O)NC[C@H]1CN(c2ccc(N3CCC(N(C)C(=O)c4cc(F)cc(F)c4)CC3)c(F)c2)C(=O)O1. The van der Waals surface area contributed by atoms with Crippen LogP contribution in [0.5, 0.6) is 0 Å². The van der Waals surface area contributed by atoms with E-state index in [0.29, 0.717) is 43.4 Å². The predicted molar refractivity (Wildman–Crippen MR) is 126 cm³/mol. The summed E-state index contributed by atoms with van der Waals surface area (Å²) < 4.78 is 47.3. The molecular weight excluding hydrogens is 477 g/mol. The van der Waals surface area contributed by atoms with E-state index in [1.807, 2.05) is 4.90 Å². The Hall–Kier alpha value is -3.76. The van der Waals surface area contributed by atoms with Crippen molar-refractivity contribution in [1.29, 1.82) is 0 Å². The zero-order valence-electron chi connectivity index (χ0n) is 20.0. The van der Waals surface area contributed by atoms with E-state index in [1.54, 1.807) is 19.2 Å². The largest absolute Gasteiger partial charge is 0.442 e. The smallest absolute Gasteiger partial charge is 0.414 e. The normalized spacial score (nSPS) is 18.2. The van der Waals surface area contributed by atoms with Crippen LogP contribution in [-0.4, -0.2) is 68.2 Å². The van der Waals surface area contributed by atoms with Crippen LogP contribution in [0.3, 0.4) is 0 Å². The van der Waals surface area contributed by atoms with Gasteiger partial charge in [0.15, 0.2) is 0 Å². The molecule has 2 heterocycles. The Bertz CT molecular complexity index is 1150. The van der Waals surface area contributed by atoms with E-state index in [1.165, 1.54) is 22.8 Å². The van der Waals surface area contributed by atoms with Crippen molar-refractivity contribution < 1.29 is 32.3 Å². The first-order valence-corrected chi connectivity index (χ1v) is 11.6. The van der Waals surface area contributed by atoms with Gasteiger partial charge in [0.1, 0.15) is 23.6 Å². The summed E-state index contributed by atoms with van der Waals surface area (Å²) in [6.45, 7) is 2.69. The van der Waals surface area contributed by atoms with Crippen LogP contribution in [0.1, 0.15) is 30.1 Å². The van der Waals surface area contributed by atoms with Crippen molar-refractivity contribution in [1.82, 2.24) is 10.2 Å². The third-order valence-electron chi connectivity index (χ3n) is 6.48. The van der Waals surface area contributed by atoms with E-state index in [-0.39, 0.29) is 30.6 Å². The van der Waals surface area contributed by atoms with Gasteiger partial charge in [-0.1, -0.05) is 0 Å². The number of amides is 3. The third kappa shape index (κ3) is 5.55. The minimum atomic E-state index is -0.814. The van der Waals surface area contributed by atoms with Gasteiger partial charge in [0.2, 0.25) is 5.91 Å². The maximum absolute atomic E-state index is 15.0. The first-order valence-electron chi connectivity index (χ1n) is 11.6. The maximum Gasteiger partial charge on any atom is 0.414 e. The van der Waals surface area contributed by atoms with Crippen LogP contribution in [0, 0.1) is 17.5 Å². The van der Waals surface area contributed by atoms with Gasteiger partial charge in [0.05, 0.1) is 24.5 Å². The highest BCUT2D eigenvalue weighted by atomic mass is 19.1. The summed E-state index contributed by atoms with van der Waals surface area (Å²) >= 11 is 0. The average molecular weight is 505 g/mol. The molecule has 36 heavy (non-hydrogen) atoms. The molecule has 0 saturated carbocycles. The number of anilines is 2. The number of carbonyl (C=O) groups excluding carboxylic acids is 3. The van der Waals surface area contributed by atoms with Gasteiger partial charge in [-0.3, -0.25) is 14.5 Å². The summed E-state index contributed by atoms with van der Waals surface area (Å²) in [6, 6.07) is 7.08. The number of benzene rings is 2. The van der Waals surface area contributed by atoms with Crippen LogP contribution in [0.2, 0.25) is 0 Å². The lowest BCUT2D eigenvalue weighted by Gasteiger charge is -2.38. The highest BCUT2D eigenvalue weighted by Gasteiger charge is 2.33. The molecule has 0 bridgehead atoms. The number of ether oxygens (including phenoxy) is 1. The summed E-state index contributed by atoms with van der Waals surface area (Å²) in [6.07, 6.45) is -0.0365. The lowest BCUT2D eigenvalue weighted by molar-refractivity contribution is -0.119. The Kier molecular flexibility index (Phi) is 7.37. The number of halogens is 3. The van der Waals surface area contributed by atoms with Crippen molar-refractivity contribution in [2.75, 3.05) is 43.0 Å². The van der Waals surface area contributed by atoms with Crippen molar-refractivity contribution in [3.05, 3.63) is 59.4 Å². The first kappa shape index (κ1) is 25.3. The van der Waals surface area contributed by atoms with E-state index in [9.17, 15) is 23.2 Å². The van der Waals surface area contributed by atoms with Gasteiger partial charge in [-0.05, 0) is 43.2 Å². The zero-order chi connectivity index (χ0) is 26.0. The van der Waals surface area contributed by atoms with Gasteiger partial charge in [-0.2, -0.15) is 0 Å². The summed E-state index contributed by atoms with van der Waals surface area (Å²) in [4.78, 5) is 40.6. The molecule has 1 N–H and O–H groups in total. The molecule has 3 amide bonds. The molecule has 0 aromatic heterocycles. The Morgan fingerprint density at radius 2 is 1.75 bits per heavy atom. The van der Waals surface area contributed by atoms with Gasteiger partial charge in [-0.25, -0.2) is 18.0 Å². The number of hydrogen-bond acceptors (Lipinski definition) is 5. The highest BCUT2D eigenvalue weighted by molar-refractivity contribution is 5.94. The van der Waals surface area contributed by atoms with E-state index in [0.717, 1.165) is 12.1 Å². The molecule has 2 aliphatic rings. The van der Waals surface area contributed by atoms with Gasteiger partial charge in [0, 0.05) is 44.7 Å². The third-order valence-corrected chi connectivity index (χ3v) is 6.48. The van der Waals surface area contributed by atoms with Gasteiger partial charge < -0.3 is 19.9 Å². The summed E-state index contributed by atoms with van der Waals surface area (Å²) in [7, 11) is 1.59. The lowest BCUT2D eigenvalue weighted by Crippen LogP contribution is -2.46. The molecule has 2 aliphatic heterocycles. The molecule has 192 valence electrons.